The van der Waals surface area contributed by atoms with Gasteiger partial charge in [0.25, 0.3) is 5.91 Å². The molecule has 0 aliphatic carbocycles. The first-order valence-corrected chi connectivity index (χ1v) is 10.9. The zero-order valence-corrected chi connectivity index (χ0v) is 17.5. The average molecular weight is 435 g/mol. The molecule has 9 heteroatoms. The highest BCUT2D eigenvalue weighted by Crippen LogP contribution is 2.28. The van der Waals surface area contributed by atoms with E-state index < -0.39 is 0 Å². The topological polar surface area (TPSA) is 83.6 Å². The molecule has 2 N–H and O–H groups in total. The molecule has 1 atom stereocenters. The predicted molar refractivity (Wildman–Crippen MR) is 112 cm³/mol. The first-order chi connectivity index (χ1) is 14.1. The summed E-state index contributed by atoms with van der Waals surface area (Å²) in [5.74, 6) is -0.158. The number of carbonyl (C=O) groups is 2. The van der Waals surface area contributed by atoms with E-state index in [1.165, 1.54) is 11.3 Å². The Morgan fingerprint density at radius 1 is 1.34 bits per heavy atom. The molecule has 0 saturated carbocycles. The lowest BCUT2D eigenvalue weighted by molar-refractivity contribution is -0.124. The van der Waals surface area contributed by atoms with Crippen LogP contribution in [0.15, 0.2) is 24.3 Å². The monoisotopic (exact) mass is 434 g/mol. The van der Waals surface area contributed by atoms with Crippen LogP contribution in [0.1, 0.15) is 29.0 Å². The number of hydrogen-bond acceptors (Lipinski definition) is 6. The van der Waals surface area contributed by atoms with Crippen molar-refractivity contribution < 1.29 is 14.3 Å². The average Bonchev–Trinajstić information content (AvgIpc) is 3.36. The van der Waals surface area contributed by atoms with Crippen LogP contribution in [0.3, 0.4) is 0 Å². The molecule has 4 rings (SSSR count). The van der Waals surface area contributed by atoms with Crippen molar-refractivity contribution in [1.82, 2.24) is 15.2 Å². The van der Waals surface area contributed by atoms with Crippen molar-refractivity contribution in [3.63, 3.8) is 0 Å². The van der Waals surface area contributed by atoms with Gasteiger partial charge in [0.05, 0.1) is 12.2 Å². The van der Waals surface area contributed by atoms with Gasteiger partial charge in [-0.3, -0.25) is 19.8 Å². The number of amides is 2. The molecular formula is C20H23ClN4O3S. The third-order valence-corrected chi connectivity index (χ3v) is 6.43. The summed E-state index contributed by atoms with van der Waals surface area (Å²) < 4.78 is 5.42. The van der Waals surface area contributed by atoms with Gasteiger partial charge in [0.1, 0.15) is 6.10 Å². The van der Waals surface area contributed by atoms with E-state index in [0.29, 0.717) is 36.4 Å². The largest absolute Gasteiger partial charge is 0.368 e. The molecule has 2 aliphatic heterocycles. The number of rotatable bonds is 6. The van der Waals surface area contributed by atoms with E-state index in [0.717, 1.165) is 41.9 Å². The lowest BCUT2D eigenvalue weighted by Crippen LogP contribution is -2.39. The number of anilines is 1. The van der Waals surface area contributed by atoms with Crippen molar-refractivity contribution in [2.24, 2.45) is 0 Å². The Balaban J connectivity index is 1.28. The van der Waals surface area contributed by atoms with E-state index in [-0.39, 0.29) is 17.9 Å². The number of hydrogen-bond donors (Lipinski definition) is 2. The minimum absolute atomic E-state index is 0.0372. The van der Waals surface area contributed by atoms with Crippen LogP contribution in [0.4, 0.5) is 5.13 Å². The first kappa shape index (κ1) is 20.3. The highest BCUT2D eigenvalue weighted by atomic mass is 35.5. The van der Waals surface area contributed by atoms with Gasteiger partial charge < -0.3 is 10.1 Å². The highest BCUT2D eigenvalue weighted by molar-refractivity contribution is 7.15. The first-order valence-electron chi connectivity index (χ1n) is 9.72. The van der Waals surface area contributed by atoms with Crippen LogP contribution >= 0.6 is 22.9 Å². The van der Waals surface area contributed by atoms with Crippen LogP contribution in [0, 0.1) is 0 Å². The van der Waals surface area contributed by atoms with Gasteiger partial charge in [-0.1, -0.05) is 29.8 Å². The van der Waals surface area contributed by atoms with Crippen LogP contribution in [-0.4, -0.2) is 47.5 Å². The normalized spacial score (nSPS) is 19.0. The van der Waals surface area contributed by atoms with Gasteiger partial charge in [-0.2, -0.15) is 0 Å². The third kappa shape index (κ3) is 5.14. The number of carbonyl (C=O) groups excluding carboxylic acids is 2. The fourth-order valence-electron chi connectivity index (χ4n) is 3.50. The minimum Gasteiger partial charge on any atom is -0.368 e. The second-order valence-corrected chi connectivity index (χ2v) is 8.70. The molecule has 0 radical (unpaired) electrons. The van der Waals surface area contributed by atoms with Crippen LogP contribution in [0.5, 0.6) is 0 Å². The maximum atomic E-state index is 12.3. The molecule has 2 aromatic rings. The minimum atomic E-state index is -0.366. The van der Waals surface area contributed by atoms with E-state index >= 15 is 0 Å². The number of thiazole rings is 1. The molecule has 29 heavy (non-hydrogen) atoms. The van der Waals surface area contributed by atoms with Crippen LogP contribution in [0.2, 0.25) is 5.02 Å². The van der Waals surface area contributed by atoms with Gasteiger partial charge in [-0.25, -0.2) is 4.98 Å². The van der Waals surface area contributed by atoms with Crippen molar-refractivity contribution in [1.29, 1.82) is 0 Å². The Kier molecular flexibility index (Phi) is 6.44. The highest BCUT2D eigenvalue weighted by Gasteiger charge is 2.26. The predicted octanol–water partition coefficient (Wildman–Crippen LogP) is 2.59. The number of nitrogens with zero attached hydrogens (tertiary/aromatic N) is 2. The smallest absolute Gasteiger partial charge is 0.255 e. The van der Waals surface area contributed by atoms with Crippen molar-refractivity contribution in [2.45, 2.75) is 38.5 Å². The lowest BCUT2D eigenvalue weighted by Gasteiger charge is -2.25. The molecule has 1 saturated heterocycles. The van der Waals surface area contributed by atoms with E-state index in [1.807, 2.05) is 24.3 Å². The zero-order valence-electron chi connectivity index (χ0n) is 15.9. The number of halogens is 1. The summed E-state index contributed by atoms with van der Waals surface area (Å²) in [6.07, 6.45) is 2.07. The van der Waals surface area contributed by atoms with E-state index in [9.17, 15) is 9.59 Å². The Morgan fingerprint density at radius 2 is 2.21 bits per heavy atom. The molecule has 0 spiro atoms. The molecule has 1 fully saturated rings. The molecular weight excluding hydrogens is 412 g/mol. The molecule has 0 bridgehead atoms. The van der Waals surface area contributed by atoms with Crippen molar-refractivity contribution in [2.75, 3.05) is 25.0 Å². The Morgan fingerprint density at radius 3 is 3.00 bits per heavy atom. The second-order valence-electron chi connectivity index (χ2n) is 7.21. The van der Waals surface area contributed by atoms with Crippen molar-refractivity contribution in [3.05, 3.63) is 45.4 Å². The second kappa shape index (κ2) is 9.21. The Hall–Kier alpha value is -2.00. The quantitative estimate of drug-likeness (QED) is 0.730. The SMILES string of the molecule is O=C(CN1CCc2nc(NC(=O)C3CCCO3)sc2C1)NCc1ccccc1Cl. The fourth-order valence-corrected chi connectivity index (χ4v) is 4.76. The van der Waals surface area contributed by atoms with E-state index in [4.69, 9.17) is 16.3 Å². The fraction of sp³-hybridized carbons (Fsp3) is 0.450. The number of ether oxygens (including phenoxy) is 1. The van der Waals surface area contributed by atoms with Crippen molar-refractivity contribution in [3.8, 4) is 0 Å². The Bertz CT molecular complexity index is 898. The lowest BCUT2D eigenvalue weighted by atomic mass is 10.2. The summed E-state index contributed by atoms with van der Waals surface area (Å²) in [5, 5.41) is 7.06. The molecule has 1 unspecified atom stereocenters. The van der Waals surface area contributed by atoms with Crippen molar-refractivity contribution >= 4 is 39.9 Å². The van der Waals surface area contributed by atoms with Gasteiger partial charge in [0.2, 0.25) is 5.91 Å². The van der Waals surface area contributed by atoms with Gasteiger partial charge in [0.15, 0.2) is 5.13 Å². The van der Waals surface area contributed by atoms with Gasteiger partial charge in [0, 0.05) is 42.6 Å². The summed E-state index contributed by atoms with van der Waals surface area (Å²) in [5.41, 5.74) is 1.91. The maximum absolute atomic E-state index is 12.3. The maximum Gasteiger partial charge on any atom is 0.255 e. The van der Waals surface area contributed by atoms with E-state index in [1.54, 1.807) is 0 Å². The standard InChI is InChI=1S/C20H23ClN4O3S/c21-14-5-2-1-4-13(14)10-22-18(26)12-25-8-7-15-17(11-25)29-20(23-15)24-19(27)16-6-3-9-28-16/h1-2,4-5,16H,3,6-12H2,(H,22,26)(H,23,24,27). The van der Waals surface area contributed by atoms with Crippen LogP contribution in [-0.2, 0) is 33.8 Å². The summed E-state index contributed by atoms with van der Waals surface area (Å²) in [7, 11) is 0. The summed E-state index contributed by atoms with van der Waals surface area (Å²) in [6, 6.07) is 7.48. The van der Waals surface area contributed by atoms with Crippen LogP contribution < -0.4 is 10.6 Å². The van der Waals surface area contributed by atoms with Crippen LogP contribution in [0.25, 0.3) is 0 Å². The summed E-state index contributed by atoms with van der Waals surface area (Å²) in [6.45, 7) is 2.79. The zero-order chi connectivity index (χ0) is 20.2. The number of fused-ring (bicyclic) bond motifs is 1. The number of aromatic nitrogens is 1. The third-order valence-electron chi connectivity index (χ3n) is 5.06. The summed E-state index contributed by atoms with van der Waals surface area (Å²) in [4.78, 5) is 32.3. The number of nitrogens with one attached hydrogen (secondary N) is 2. The summed E-state index contributed by atoms with van der Waals surface area (Å²) >= 11 is 7.61. The molecule has 3 heterocycles. The Labute approximate surface area is 178 Å². The molecule has 2 aliphatic rings. The van der Waals surface area contributed by atoms with Gasteiger partial charge in [-0.15, -0.1) is 11.3 Å². The molecule has 154 valence electrons. The molecule has 1 aromatic carbocycles. The van der Waals surface area contributed by atoms with Gasteiger partial charge >= 0.3 is 0 Å². The van der Waals surface area contributed by atoms with E-state index in [2.05, 4.69) is 20.5 Å². The molecule has 2 amide bonds. The molecule has 1 aromatic heterocycles. The molecule has 7 nitrogen and oxygen atoms in total. The number of benzene rings is 1. The van der Waals surface area contributed by atoms with Gasteiger partial charge in [-0.05, 0) is 24.5 Å².